The molecule has 0 bridgehead atoms. The normalized spacial score (nSPS) is 26.8. The Hall–Kier alpha value is -1.98. The van der Waals surface area contributed by atoms with Gasteiger partial charge in [0.25, 0.3) is 0 Å². The first-order valence-corrected chi connectivity index (χ1v) is 6.37. The maximum absolute atomic E-state index is 12.2. The van der Waals surface area contributed by atoms with Gasteiger partial charge in [-0.05, 0) is 30.9 Å². The Balaban J connectivity index is 1.90. The van der Waals surface area contributed by atoms with Gasteiger partial charge in [-0.3, -0.25) is 4.79 Å². The molecule has 0 saturated heterocycles. The zero-order chi connectivity index (χ0) is 13.9. The Bertz CT molecular complexity index is 461. The van der Waals surface area contributed by atoms with Gasteiger partial charge in [0, 0.05) is 13.0 Å². The highest BCUT2D eigenvalue weighted by Gasteiger charge is 2.51. The molecule has 4 N–H and O–H groups in total. The quantitative estimate of drug-likeness (QED) is 0.321. The van der Waals surface area contributed by atoms with Gasteiger partial charge < -0.3 is 20.7 Å². The van der Waals surface area contributed by atoms with Crippen LogP contribution in [0.1, 0.15) is 25.5 Å². The van der Waals surface area contributed by atoms with E-state index in [4.69, 9.17) is 15.4 Å². The molecule has 0 unspecified atom stereocenters. The molecule has 1 saturated carbocycles. The van der Waals surface area contributed by atoms with Crippen molar-refractivity contribution < 1.29 is 14.4 Å². The number of rotatable bonds is 5. The van der Waals surface area contributed by atoms with Crippen molar-refractivity contribution >= 4 is 11.7 Å². The molecule has 104 valence electrons. The Morgan fingerprint density at radius 3 is 2.95 bits per heavy atom. The summed E-state index contributed by atoms with van der Waals surface area (Å²) in [5, 5.41) is 14.7. The number of nitrogens with two attached hydrogens (primary N) is 1. The molecule has 6 heteroatoms. The van der Waals surface area contributed by atoms with Crippen molar-refractivity contribution in [3.05, 3.63) is 24.2 Å². The lowest BCUT2D eigenvalue weighted by molar-refractivity contribution is -0.133. The number of amides is 1. The number of nitrogens with zero attached hydrogens (tertiary/aromatic N) is 1. The van der Waals surface area contributed by atoms with Crippen molar-refractivity contribution in [2.75, 3.05) is 6.54 Å². The summed E-state index contributed by atoms with van der Waals surface area (Å²) in [5.74, 6) is 1.06. The molecule has 1 aromatic rings. The molecule has 1 aliphatic rings. The maximum atomic E-state index is 12.2. The monoisotopic (exact) mass is 265 g/mol. The highest BCUT2D eigenvalue weighted by Crippen LogP contribution is 2.45. The Labute approximate surface area is 111 Å². The molecule has 19 heavy (non-hydrogen) atoms. The number of carbonyl (C=O) groups excluding carboxylic acids is 1. The van der Waals surface area contributed by atoms with Crippen LogP contribution in [-0.4, -0.2) is 23.5 Å². The van der Waals surface area contributed by atoms with E-state index in [-0.39, 0.29) is 11.7 Å². The minimum Gasteiger partial charge on any atom is -0.469 e. The van der Waals surface area contributed by atoms with E-state index >= 15 is 0 Å². The molecule has 6 nitrogen and oxygen atoms in total. The largest absolute Gasteiger partial charge is 0.469 e. The number of carbonyl (C=O) groups is 1. The van der Waals surface area contributed by atoms with Crippen molar-refractivity contribution in [2.24, 2.45) is 22.2 Å². The van der Waals surface area contributed by atoms with Crippen LogP contribution in [0.15, 0.2) is 28.0 Å². The molecule has 0 atom stereocenters. The van der Waals surface area contributed by atoms with Gasteiger partial charge in [-0.25, -0.2) is 0 Å². The Morgan fingerprint density at radius 1 is 1.68 bits per heavy atom. The predicted octanol–water partition coefficient (Wildman–Crippen LogP) is 1.10. The number of amidine groups is 1. The summed E-state index contributed by atoms with van der Waals surface area (Å²) in [7, 11) is 0. The summed E-state index contributed by atoms with van der Waals surface area (Å²) in [6.07, 6.45) is 3.47. The summed E-state index contributed by atoms with van der Waals surface area (Å²) in [6, 6.07) is 3.67. The fourth-order valence-electron chi connectivity index (χ4n) is 2.66. The van der Waals surface area contributed by atoms with Gasteiger partial charge in [-0.15, -0.1) is 0 Å². The number of hydrogen-bond donors (Lipinski definition) is 3. The first-order chi connectivity index (χ1) is 9.08. The molecular formula is C13H19N3O3. The number of nitrogens with one attached hydrogen (secondary N) is 1. The van der Waals surface area contributed by atoms with Crippen LogP contribution in [0.25, 0.3) is 0 Å². The van der Waals surface area contributed by atoms with E-state index in [2.05, 4.69) is 10.5 Å². The van der Waals surface area contributed by atoms with E-state index in [1.54, 1.807) is 6.26 Å². The average Bonchev–Trinajstić information content (AvgIpc) is 2.86. The van der Waals surface area contributed by atoms with Gasteiger partial charge in [-0.2, -0.15) is 0 Å². The zero-order valence-electron chi connectivity index (χ0n) is 10.9. The molecule has 0 aliphatic heterocycles. The first kappa shape index (κ1) is 13.5. The molecule has 1 heterocycles. The summed E-state index contributed by atoms with van der Waals surface area (Å²) in [4.78, 5) is 12.2. The molecule has 1 amide bonds. The third-order valence-electron chi connectivity index (χ3n) is 3.66. The molecule has 0 aromatic carbocycles. The van der Waals surface area contributed by atoms with Gasteiger partial charge in [0.15, 0.2) is 5.84 Å². The zero-order valence-corrected chi connectivity index (χ0v) is 10.9. The highest BCUT2D eigenvalue weighted by atomic mass is 16.4. The summed E-state index contributed by atoms with van der Waals surface area (Å²) < 4.78 is 5.19. The van der Waals surface area contributed by atoms with Crippen LogP contribution in [-0.2, 0) is 11.2 Å². The highest BCUT2D eigenvalue weighted by molar-refractivity contribution is 6.07. The smallest absolute Gasteiger partial charge is 0.233 e. The molecule has 0 spiro atoms. The van der Waals surface area contributed by atoms with Gasteiger partial charge in [0.05, 0.1) is 6.26 Å². The third-order valence-corrected chi connectivity index (χ3v) is 3.66. The summed E-state index contributed by atoms with van der Waals surface area (Å²) in [6.45, 7) is 2.51. The summed E-state index contributed by atoms with van der Waals surface area (Å²) in [5.41, 5.74) is 4.83. The second kappa shape index (κ2) is 5.34. The lowest BCUT2D eigenvalue weighted by Crippen LogP contribution is -2.57. The van der Waals surface area contributed by atoms with E-state index in [0.29, 0.717) is 31.7 Å². The van der Waals surface area contributed by atoms with Gasteiger partial charge in [-0.1, -0.05) is 12.1 Å². The Kier molecular flexibility index (Phi) is 3.78. The summed E-state index contributed by atoms with van der Waals surface area (Å²) >= 11 is 0. The number of hydrogen-bond acceptors (Lipinski definition) is 4. The molecule has 1 aromatic heterocycles. The van der Waals surface area contributed by atoms with Crippen molar-refractivity contribution in [3.8, 4) is 0 Å². The third kappa shape index (κ3) is 2.57. The van der Waals surface area contributed by atoms with Crippen LogP contribution >= 0.6 is 0 Å². The second-order valence-corrected chi connectivity index (χ2v) is 5.17. The van der Waals surface area contributed by atoms with Crippen LogP contribution < -0.4 is 11.1 Å². The van der Waals surface area contributed by atoms with Crippen LogP contribution in [0, 0.1) is 11.3 Å². The van der Waals surface area contributed by atoms with Gasteiger partial charge in [0.1, 0.15) is 11.2 Å². The van der Waals surface area contributed by atoms with Crippen molar-refractivity contribution in [1.29, 1.82) is 0 Å². The topological polar surface area (TPSA) is 101 Å². The van der Waals surface area contributed by atoms with E-state index in [9.17, 15) is 4.79 Å². The van der Waals surface area contributed by atoms with E-state index in [1.807, 2.05) is 19.1 Å². The fraction of sp³-hybridized carbons (Fsp3) is 0.538. The standard InChI is InChI=1S/C13H19N3O3/c1-9-7-13(8-9,11(14)16-18)12(17)15-5-4-10-3-2-6-19-10/h2-3,6,9,18H,4-5,7-8H2,1H3,(H2,14,16)(H,15,17). The van der Waals surface area contributed by atoms with Crippen molar-refractivity contribution in [3.63, 3.8) is 0 Å². The van der Waals surface area contributed by atoms with E-state index in [0.717, 1.165) is 5.76 Å². The van der Waals surface area contributed by atoms with E-state index < -0.39 is 5.41 Å². The first-order valence-electron chi connectivity index (χ1n) is 6.37. The molecule has 0 radical (unpaired) electrons. The van der Waals surface area contributed by atoms with Crippen molar-refractivity contribution in [1.82, 2.24) is 5.32 Å². The number of furan rings is 1. The molecule has 1 fully saturated rings. The van der Waals surface area contributed by atoms with Gasteiger partial charge >= 0.3 is 0 Å². The van der Waals surface area contributed by atoms with Gasteiger partial charge in [0.2, 0.25) is 5.91 Å². The van der Waals surface area contributed by atoms with E-state index in [1.165, 1.54) is 0 Å². The lowest BCUT2D eigenvalue weighted by atomic mass is 9.61. The minimum atomic E-state index is -0.836. The molecule has 2 rings (SSSR count). The fourth-order valence-corrected chi connectivity index (χ4v) is 2.66. The second-order valence-electron chi connectivity index (χ2n) is 5.17. The van der Waals surface area contributed by atoms with Crippen molar-refractivity contribution in [2.45, 2.75) is 26.2 Å². The van der Waals surface area contributed by atoms with Crippen LogP contribution in [0.4, 0.5) is 0 Å². The minimum absolute atomic E-state index is 0.00102. The SMILES string of the molecule is CC1CC(C(=O)NCCc2ccco2)(/C(N)=N/O)C1. The van der Waals surface area contributed by atoms with Crippen LogP contribution in [0.3, 0.4) is 0 Å². The van der Waals surface area contributed by atoms with Crippen LogP contribution in [0.5, 0.6) is 0 Å². The lowest BCUT2D eigenvalue weighted by Gasteiger charge is -2.43. The number of oxime groups is 1. The maximum Gasteiger partial charge on any atom is 0.233 e. The molecule has 1 aliphatic carbocycles. The molecular weight excluding hydrogens is 246 g/mol. The Morgan fingerprint density at radius 2 is 2.42 bits per heavy atom. The average molecular weight is 265 g/mol. The van der Waals surface area contributed by atoms with Crippen LogP contribution in [0.2, 0.25) is 0 Å². The predicted molar refractivity (Wildman–Crippen MR) is 69.7 cm³/mol.